The van der Waals surface area contributed by atoms with Crippen LogP contribution in [-0.2, 0) is 32.6 Å². The molecule has 0 aliphatic rings. The third-order valence-electron chi connectivity index (χ3n) is 8.02. The van der Waals surface area contributed by atoms with Gasteiger partial charge in [0.1, 0.15) is 12.6 Å². The van der Waals surface area contributed by atoms with Crippen molar-refractivity contribution in [1.82, 2.24) is 10.2 Å². The normalized spacial score (nSPS) is 12.6. The smallest absolute Gasteiger partial charge is 0.264 e. The molecule has 2 amide bonds. The van der Waals surface area contributed by atoms with Gasteiger partial charge in [0.05, 0.1) is 10.6 Å². The number of nitrogens with zero attached hydrogens (tertiary/aromatic N) is 2. The topological polar surface area (TPSA) is 86.8 Å². The lowest BCUT2D eigenvalue weighted by Gasteiger charge is -2.34. The molecule has 2 atom stereocenters. The van der Waals surface area contributed by atoms with Crippen LogP contribution < -0.4 is 9.62 Å². The molecule has 0 heterocycles. The summed E-state index contributed by atoms with van der Waals surface area (Å²) < 4.78 is 29.6. The van der Waals surface area contributed by atoms with Gasteiger partial charge < -0.3 is 10.2 Å². The van der Waals surface area contributed by atoms with E-state index in [9.17, 15) is 18.0 Å². The highest BCUT2D eigenvalue weighted by molar-refractivity contribution is 7.92. The number of nitrogens with one attached hydrogen (secondary N) is 1. The zero-order chi connectivity index (χ0) is 32.6. The van der Waals surface area contributed by atoms with Gasteiger partial charge in [0.15, 0.2) is 0 Å². The first-order valence-corrected chi connectivity index (χ1v) is 16.8. The number of benzene rings is 4. The molecule has 45 heavy (non-hydrogen) atoms. The average molecular weight is 626 g/mol. The van der Waals surface area contributed by atoms with Crippen molar-refractivity contribution in [2.24, 2.45) is 0 Å². The molecule has 1 N–H and O–H groups in total. The van der Waals surface area contributed by atoms with Crippen LogP contribution in [0.25, 0.3) is 0 Å². The molecule has 236 valence electrons. The summed E-state index contributed by atoms with van der Waals surface area (Å²) in [6, 6.07) is 30.1. The van der Waals surface area contributed by atoms with E-state index >= 15 is 0 Å². The summed E-state index contributed by atoms with van der Waals surface area (Å²) in [6.07, 6.45) is 1.00. The van der Waals surface area contributed by atoms with E-state index in [-0.39, 0.29) is 29.8 Å². The molecule has 0 saturated heterocycles. The van der Waals surface area contributed by atoms with Gasteiger partial charge in [-0.15, -0.1) is 0 Å². The molecule has 0 radical (unpaired) electrons. The van der Waals surface area contributed by atoms with E-state index in [1.54, 1.807) is 36.4 Å². The van der Waals surface area contributed by atoms with Crippen LogP contribution >= 0.6 is 0 Å². The van der Waals surface area contributed by atoms with Gasteiger partial charge in [-0.2, -0.15) is 0 Å². The van der Waals surface area contributed by atoms with E-state index in [4.69, 9.17) is 0 Å². The highest BCUT2D eigenvalue weighted by Crippen LogP contribution is 2.28. The SMILES string of the molecule is CCC(C)NC(=O)C(Cc1ccccc1)N(Cc1ccc(C)cc1)C(=O)CN(c1ccccc1C)S(=O)(=O)c1ccc(C)cc1. The van der Waals surface area contributed by atoms with Gasteiger partial charge in [0.2, 0.25) is 11.8 Å². The standard InChI is InChI=1S/C37H43N3O4S/c1-6-30(5)38-37(42)35(24-31-13-8-7-9-14-31)39(25-32-20-16-27(2)17-21-32)36(41)26-40(34-15-11-10-12-29(34)4)45(43,44)33-22-18-28(3)19-23-33/h7-23,30,35H,6,24-26H2,1-5H3,(H,38,42). The monoisotopic (exact) mass is 625 g/mol. The first-order chi connectivity index (χ1) is 21.5. The molecule has 7 nitrogen and oxygen atoms in total. The molecule has 0 aromatic heterocycles. The van der Waals surface area contributed by atoms with Gasteiger partial charge in [-0.1, -0.05) is 103 Å². The van der Waals surface area contributed by atoms with Gasteiger partial charge >= 0.3 is 0 Å². The fourth-order valence-electron chi connectivity index (χ4n) is 5.08. The minimum Gasteiger partial charge on any atom is -0.352 e. The minimum atomic E-state index is -4.14. The Bertz CT molecular complexity index is 1690. The Morgan fingerprint density at radius 3 is 1.93 bits per heavy atom. The summed E-state index contributed by atoms with van der Waals surface area (Å²) in [5.74, 6) is -0.757. The lowest BCUT2D eigenvalue weighted by molar-refractivity contribution is -0.140. The molecule has 0 aliphatic carbocycles. The highest BCUT2D eigenvalue weighted by Gasteiger charge is 2.35. The van der Waals surface area contributed by atoms with Crippen LogP contribution in [0, 0.1) is 20.8 Å². The average Bonchev–Trinajstić information content (AvgIpc) is 3.03. The molecule has 4 aromatic rings. The van der Waals surface area contributed by atoms with Crippen molar-refractivity contribution in [3.8, 4) is 0 Å². The summed E-state index contributed by atoms with van der Waals surface area (Å²) in [6.45, 7) is 9.27. The lowest BCUT2D eigenvalue weighted by Crippen LogP contribution is -2.54. The minimum absolute atomic E-state index is 0.0876. The maximum Gasteiger partial charge on any atom is 0.264 e. The van der Waals surface area contributed by atoms with E-state index in [2.05, 4.69) is 5.32 Å². The number of hydrogen-bond acceptors (Lipinski definition) is 4. The second-order valence-electron chi connectivity index (χ2n) is 11.6. The van der Waals surface area contributed by atoms with Crippen molar-refractivity contribution in [2.75, 3.05) is 10.8 Å². The summed E-state index contributed by atoms with van der Waals surface area (Å²) in [5.41, 5.74) is 4.85. The number of para-hydroxylation sites is 1. The number of aryl methyl sites for hydroxylation is 3. The van der Waals surface area contributed by atoms with Crippen LogP contribution in [-0.4, -0.2) is 43.8 Å². The Morgan fingerprint density at radius 2 is 1.33 bits per heavy atom. The van der Waals surface area contributed by atoms with Gasteiger partial charge in [-0.25, -0.2) is 8.42 Å². The molecule has 8 heteroatoms. The molecular formula is C37H43N3O4S. The molecule has 0 fully saturated rings. The molecule has 0 spiro atoms. The summed E-state index contributed by atoms with van der Waals surface area (Å²) in [4.78, 5) is 30.1. The van der Waals surface area contributed by atoms with Gasteiger partial charge in [0, 0.05) is 19.0 Å². The second-order valence-corrected chi connectivity index (χ2v) is 13.5. The van der Waals surface area contributed by atoms with Crippen LogP contribution in [0.2, 0.25) is 0 Å². The zero-order valence-corrected chi connectivity index (χ0v) is 27.6. The second kappa shape index (κ2) is 15.0. The summed E-state index contributed by atoms with van der Waals surface area (Å²) >= 11 is 0. The molecule has 0 saturated carbocycles. The largest absolute Gasteiger partial charge is 0.352 e. The van der Waals surface area contributed by atoms with Crippen LogP contribution in [0.5, 0.6) is 0 Å². The van der Waals surface area contributed by atoms with Crippen LogP contribution in [0.3, 0.4) is 0 Å². The third kappa shape index (κ3) is 8.60. The number of hydrogen-bond donors (Lipinski definition) is 1. The fourth-order valence-corrected chi connectivity index (χ4v) is 6.56. The van der Waals surface area contributed by atoms with E-state index in [1.165, 1.54) is 9.21 Å². The maximum absolute atomic E-state index is 14.6. The van der Waals surface area contributed by atoms with Crippen molar-refractivity contribution < 1.29 is 18.0 Å². The Labute approximate surface area is 268 Å². The molecule has 4 rings (SSSR count). The predicted octanol–water partition coefficient (Wildman–Crippen LogP) is 6.36. The molecule has 2 unspecified atom stereocenters. The van der Waals surface area contributed by atoms with E-state index < -0.39 is 28.5 Å². The lowest BCUT2D eigenvalue weighted by atomic mass is 10.0. The number of carbonyl (C=O) groups excluding carboxylic acids is 2. The number of anilines is 1. The van der Waals surface area contributed by atoms with Crippen molar-refractivity contribution >= 4 is 27.5 Å². The zero-order valence-electron chi connectivity index (χ0n) is 26.7. The molecule has 4 aromatic carbocycles. The first-order valence-electron chi connectivity index (χ1n) is 15.3. The number of carbonyl (C=O) groups is 2. The number of amides is 2. The Morgan fingerprint density at radius 1 is 0.756 bits per heavy atom. The predicted molar refractivity (Wildman–Crippen MR) is 180 cm³/mol. The maximum atomic E-state index is 14.6. The van der Waals surface area contributed by atoms with Crippen molar-refractivity contribution in [2.45, 2.75) is 71.0 Å². The number of rotatable bonds is 13. The van der Waals surface area contributed by atoms with Crippen LogP contribution in [0.4, 0.5) is 5.69 Å². The molecule has 0 aliphatic heterocycles. The Hall–Kier alpha value is -4.43. The van der Waals surface area contributed by atoms with Crippen molar-refractivity contribution in [1.29, 1.82) is 0 Å². The van der Waals surface area contributed by atoms with Crippen LogP contribution in [0.1, 0.15) is 48.1 Å². The van der Waals surface area contributed by atoms with Crippen molar-refractivity contribution in [3.05, 3.63) is 131 Å². The van der Waals surface area contributed by atoms with E-state index in [1.807, 2.05) is 101 Å². The Balaban J connectivity index is 1.81. The third-order valence-corrected chi connectivity index (χ3v) is 9.79. The molecule has 0 bridgehead atoms. The van der Waals surface area contributed by atoms with Gasteiger partial charge in [-0.05, 0) is 69.0 Å². The first kappa shape index (κ1) is 33.5. The summed E-state index contributed by atoms with van der Waals surface area (Å²) in [5, 5.41) is 3.07. The fraction of sp³-hybridized carbons (Fsp3) is 0.297. The van der Waals surface area contributed by atoms with Gasteiger partial charge in [-0.3, -0.25) is 13.9 Å². The molecular weight excluding hydrogens is 582 g/mol. The van der Waals surface area contributed by atoms with Crippen LogP contribution in [0.15, 0.2) is 108 Å². The highest BCUT2D eigenvalue weighted by atomic mass is 32.2. The van der Waals surface area contributed by atoms with Crippen molar-refractivity contribution in [3.63, 3.8) is 0 Å². The summed E-state index contributed by atoms with van der Waals surface area (Å²) in [7, 11) is -4.14. The number of sulfonamides is 1. The van der Waals surface area contributed by atoms with E-state index in [0.717, 1.165) is 28.7 Å². The Kier molecular flexibility index (Phi) is 11.2. The quantitative estimate of drug-likeness (QED) is 0.187. The van der Waals surface area contributed by atoms with E-state index in [0.29, 0.717) is 11.3 Å². The van der Waals surface area contributed by atoms with Gasteiger partial charge in [0.25, 0.3) is 10.0 Å².